The number of rotatable bonds is 13. The Labute approximate surface area is 261 Å². The van der Waals surface area contributed by atoms with Crippen LogP contribution in [0.4, 0.5) is 0 Å². The lowest BCUT2D eigenvalue weighted by Gasteiger charge is -2.45. The van der Waals surface area contributed by atoms with Crippen molar-refractivity contribution in [1.82, 2.24) is 0 Å². The van der Waals surface area contributed by atoms with Crippen molar-refractivity contribution >= 4 is 27.5 Å². The first-order valence-electron chi connectivity index (χ1n) is 14.2. The third kappa shape index (κ3) is 8.98. The second kappa shape index (κ2) is 15.8. The van der Waals surface area contributed by atoms with Crippen molar-refractivity contribution < 1.29 is 23.7 Å². The van der Waals surface area contributed by atoms with Crippen LogP contribution in [0.15, 0.2) is 114 Å². The molecule has 0 aliphatic carbocycles. The molecule has 0 N–H and O–H groups in total. The summed E-state index contributed by atoms with van der Waals surface area (Å²) in [5.41, 5.74) is 4.27. The van der Waals surface area contributed by atoms with E-state index in [0.29, 0.717) is 38.1 Å². The Morgan fingerprint density at radius 1 is 0.595 bits per heavy atom. The summed E-state index contributed by atoms with van der Waals surface area (Å²) in [6.07, 6.45) is -1.80. The third-order valence-corrected chi connectivity index (χ3v) is 8.04. The molecule has 220 valence electrons. The SMILES string of the molecule is CC1OC(COCc2ccc(Br)cc2)[C@H](OCc2ccccc2)[C@H](OCc2ccccc2)C1OCc1ccc(Cl)cc1. The smallest absolute Gasteiger partial charge is 0.115 e. The van der Waals surface area contributed by atoms with E-state index >= 15 is 0 Å². The lowest BCUT2D eigenvalue weighted by molar-refractivity contribution is -0.269. The van der Waals surface area contributed by atoms with Crippen LogP contribution in [-0.2, 0) is 50.1 Å². The van der Waals surface area contributed by atoms with Crippen molar-refractivity contribution in [1.29, 1.82) is 0 Å². The summed E-state index contributed by atoms with van der Waals surface area (Å²) < 4.78 is 33.6. The molecule has 7 heteroatoms. The van der Waals surface area contributed by atoms with Crippen LogP contribution in [0, 0.1) is 0 Å². The van der Waals surface area contributed by atoms with Gasteiger partial charge in [-0.25, -0.2) is 0 Å². The van der Waals surface area contributed by atoms with Crippen LogP contribution in [0.25, 0.3) is 0 Å². The molecular weight excluding hydrogens is 616 g/mol. The van der Waals surface area contributed by atoms with Crippen LogP contribution in [0.2, 0.25) is 5.02 Å². The maximum atomic E-state index is 6.66. The van der Waals surface area contributed by atoms with Gasteiger partial charge >= 0.3 is 0 Å². The van der Waals surface area contributed by atoms with Crippen molar-refractivity contribution in [2.45, 2.75) is 63.9 Å². The van der Waals surface area contributed by atoms with Gasteiger partial charge in [-0.3, -0.25) is 0 Å². The first kappa shape index (κ1) is 30.9. The molecule has 1 aliphatic rings. The van der Waals surface area contributed by atoms with E-state index in [2.05, 4.69) is 40.2 Å². The number of benzene rings is 4. The number of ether oxygens (including phenoxy) is 5. The zero-order valence-corrected chi connectivity index (χ0v) is 26.0. The van der Waals surface area contributed by atoms with Gasteiger partial charge in [-0.15, -0.1) is 0 Å². The average Bonchev–Trinajstić information content (AvgIpc) is 3.02. The van der Waals surface area contributed by atoms with Crippen LogP contribution in [0.1, 0.15) is 29.2 Å². The summed E-state index contributed by atoms with van der Waals surface area (Å²) in [5.74, 6) is 0. The molecule has 3 unspecified atom stereocenters. The largest absolute Gasteiger partial charge is 0.374 e. The van der Waals surface area contributed by atoms with Gasteiger partial charge in [0.2, 0.25) is 0 Å². The van der Waals surface area contributed by atoms with Gasteiger partial charge in [0.25, 0.3) is 0 Å². The summed E-state index contributed by atoms with van der Waals surface area (Å²) >= 11 is 9.60. The Morgan fingerprint density at radius 2 is 1.07 bits per heavy atom. The summed E-state index contributed by atoms with van der Waals surface area (Å²) in [4.78, 5) is 0. The van der Waals surface area contributed by atoms with Crippen molar-refractivity contribution in [3.05, 3.63) is 141 Å². The topological polar surface area (TPSA) is 46.2 Å². The minimum atomic E-state index is -0.426. The molecule has 4 aromatic carbocycles. The number of hydrogen-bond acceptors (Lipinski definition) is 5. The summed E-state index contributed by atoms with van der Waals surface area (Å²) in [7, 11) is 0. The average molecular weight is 652 g/mol. The minimum Gasteiger partial charge on any atom is -0.374 e. The highest BCUT2D eigenvalue weighted by molar-refractivity contribution is 9.10. The Bertz CT molecular complexity index is 1340. The van der Waals surface area contributed by atoms with Crippen LogP contribution in [0.5, 0.6) is 0 Å². The lowest BCUT2D eigenvalue weighted by Crippen LogP contribution is -2.60. The molecule has 1 fully saturated rings. The molecule has 5 nitrogen and oxygen atoms in total. The quantitative estimate of drug-likeness (QED) is 0.146. The van der Waals surface area contributed by atoms with E-state index in [4.69, 9.17) is 35.3 Å². The fraction of sp³-hybridized carbons (Fsp3) is 0.314. The second-order valence-corrected chi connectivity index (χ2v) is 11.8. The first-order chi connectivity index (χ1) is 20.5. The lowest BCUT2D eigenvalue weighted by atomic mass is 9.94. The molecular formula is C35H36BrClO5. The zero-order chi connectivity index (χ0) is 29.1. The van der Waals surface area contributed by atoms with Gasteiger partial charge in [0, 0.05) is 9.50 Å². The molecule has 42 heavy (non-hydrogen) atoms. The molecule has 1 aliphatic heterocycles. The molecule has 1 heterocycles. The summed E-state index contributed by atoms with van der Waals surface area (Å²) in [5, 5.41) is 0.692. The monoisotopic (exact) mass is 650 g/mol. The first-order valence-corrected chi connectivity index (χ1v) is 15.4. The van der Waals surface area contributed by atoms with Gasteiger partial charge in [-0.2, -0.15) is 0 Å². The van der Waals surface area contributed by atoms with Crippen LogP contribution in [-0.4, -0.2) is 37.1 Å². The predicted molar refractivity (Wildman–Crippen MR) is 168 cm³/mol. The van der Waals surface area contributed by atoms with Crippen molar-refractivity contribution in [2.24, 2.45) is 0 Å². The Kier molecular flexibility index (Phi) is 11.6. The molecule has 0 bridgehead atoms. The summed E-state index contributed by atoms with van der Waals surface area (Å²) in [6.45, 7) is 4.10. The van der Waals surface area contributed by atoms with E-state index in [-0.39, 0.29) is 18.3 Å². The van der Waals surface area contributed by atoms with Crippen molar-refractivity contribution in [2.75, 3.05) is 6.61 Å². The molecule has 5 rings (SSSR count). The van der Waals surface area contributed by atoms with E-state index in [0.717, 1.165) is 26.7 Å². The van der Waals surface area contributed by atoms with E-state index < -0.39 is 12.2 Å². The van der Waals surface area contributed by atoms with Gasteiger partial charge in [0.05, 0.1) is 39.1 Å². The second-order valence-electron chi connectivity index (χ2n) is 10.4. The normalized spacial score (nSPS) is 22.2. The molecule has 0 radical (unpaired) electrons. The fourth-order valence-electron chi connectivity index (χ4n) is 5.03. The Morgan fingerprint density at radius 3 is 1.67 bits per heavy atom. The summed E-state index contributed by atoms with van der Waals surface area (Å²) in [6, 6.07) is 36.1. The number of hydrogen-bond donors (Lipinski definition) is 0. The minimum absolute atomic E-state index is 0.254. The van der Waals surface area contributed by atoms with Gasteiger partial charge < -0.3 is 23.7 Å². The van der Waals surface area contributed by atoms with Crippen LogP contribution < -0.4 is 0 Å². The van der Waals surface area contributed by atoms with E-state index in [1.165, 1.54) is 0 Å². The maximum Gasteiger partial charge on any atom is 0.115 e. The Hall–Kier alpha value is -2.55. The van der Waals surface area contributed by atoms with Gasteiger partial charge in [-0.05, 0) is 53.4 Å². The van der Waals surface area contributed by atoms with Gasteiger partial charge in [0.1, 0.15) is 24.4 Å². The maximum absolute atomic E-state index is 6.66. The molecule has 0 aromatic heterocycles. The van der Waals surface area contributed by atoms with Gasteiger partial charge in [0.15, 0.2) is 0 Å². The van der Waals surface area contributed by atoms with Crippen LogP contribution in [0.3, 0.4) is 0 Å². The Balaban J connectivity index is 1.36. The van der Waals surface area contributed by atoms with Crippen molar-refractivity contribution in [3.8, 4) is 0 Å². The van der Waals surface area contributed by atoms with E-state index in [1.807, 2.05) is 91.9 Å². The van der Waals surface area contributed by atoms with Gasteiger partial charge in [-0.1, -0.05) is 112 Å². The highest BCUT2D eigenvalue weighted by Gasteiger charge is 2.46. The fourth-order valence-corrected chi connectivity index (χ4v) is 5.42. The molecule has 0 spiro atoms. The highest BCUT2D eigenvalue weighted by atomic mass is 79.9. The molecule has 1 saturated heterocycles. The molecule has 0 amide bonds. The van der Waals surface area contributed by atoms with E-state index in [1.54, 1.807) is 0 Å². The number of halogens is 2. The predicted octanol–water partition coefficient (Wildman–Crippen LogP) is 8.16. The molecule has 4 aromatic rings. The highest BCUT2D eigenvalue weighted by Crippen LogP contribution is 2.31. The standard InChI is InChI=1S/C35H36BrClO5/c1-25-33(39-23-29-14-18-31(37)19-15-29)35(41-22-27-10-6-3-7-11-27)34(40-21-26-8-4-2-5-9-26)32(42-25)24-38-20-28-12-16-30(36)17-13-28/h2-19,25,32-35H,20-24H2,1H3/t25?,32?,33?,34-,35+/m0/s1. The third-order valence-electron chi connectivity index (χ3n) is 7.26. The van der Waals surface area contributed by atoms with E-state index in [9.17, 15) is 0 Å². The molecule has 0 saturated carbocycles. The van der Waals surface area contributed by atoms with Crippen molar-refractivity contribution in [3.63, 3.8) is 0 Å². The zero-order valence-electron chi connectivity index (χ0n) is 23.6. The van der Waals surface area contributed by atoms with Crippen LogP contribution >= 0.6 is 27.5 Å². The molecule has 5 atom stereocenters.